The molecule has 3 aromatic rings. The summed E-state index contributed by atoms with van der Waals surface area (Å²) in [6.07, 6.45) is 0. The predicted molar refractivity (Wildman–Crippen MR) is 117 cm³/mol. The fourth-order valence-electron chi connectivity index (χ4n) is 3.28. The number of hydrogen-bond acceptors (Lipinski definition) is 7. The topological polar surface area (TPSA) is 71.7 Å². The van der Waals surface area contributed by atoms with E-state index < -0.39 is 0 Å². The van der Waals surface area contributed by atoms with Gasteiger partial charge < -0.3 is 9.26 Å². The lowest BCUT2D eigenvalue weighted by Gasteiger charge is -2.28. The number of halogens is 1. The molecule has 0 saturated carbocycles. The molecule has 2 aromatic heterocycles. The molecule has 0 atom stereocenters. The maximum absolute atomic E-state index is 13.2. The van der Waals surface area contributed by atoms with Gasteiger partial charge in [0.05, 0.1) is 29.1 Å². The number of benzene rings is 1. The summed E-state index contributed by atoms with van der Waals surface area (Å²) in [5.74, 6) is 0.0360. The van der Waals surface area contributed by atoms with Gasteiger partial charge in [-0.05, 0) is 38.0 Å². The van der Waals surface area contributed by atoms with Crippen molar-refractivity contribution in [2.24, 2.45) is 0 Å². The van der Waals surface area contributed by atoms with Crippen LogP contribution in [0.15, 0.2) is 22.7 Å². The quantitative estimate of drug-likeness (QED) is 0.608. The maximum Gasteiger partial charge on any atom is 0.298 e. The zero-order valence-electron chi connectivity index (χ0n) is 16.8. The fraction of sp³-hybridized carbons (Fsp3) is 0.450. The summed E-state index contributed by atoms with van der Waals surface area (Å²) in [6, 6.07) is 5.84. The van der Waals surface area contributed by atoms with Gasteiger partial charge in [-0.25, -0.2) is 4.98 Å². The molecule has 0 spiro atoms. The summed E-state index contributed by atoms with van der Waals surface area (Å²) in [4.78, 5) is 22.0. The van der Waals surface area contributed by atoms with Gasteiger partial charge in [0.15, 0.2) is 5.13 Å². The molecule has 4 rings (SSSR count). The van der Waals surface area contributed by atoms with E-state index in [0.717, 1.165) is 48.6 Å². The first kappa shape index (κ1) is 21.7. The SMILES string of the molecule is Cc1cc(C(=O)N(CCN2CCOCC2)c2nc3c(C)c(C)ccc3s2)on1.Cl. The first-order chi connectivity index (χ1) is 13.5. The Labute approximate surface area is 180 Å². The smallest absolute Gasteiger partial charge is 0.298 e. The standard InChI is InChI=1S/C20H24N4O3S.ClH/c1-13-4-5-17-18(15(13)3)21-20(28-17)24(7-6-23-8-10-26-11-9-23)19(25)16-12-14(2)22-27-16;/h4-5,12H,6-11H2,1-3H3;1H. The summed E-state index contributed by atoms with van der Waals surface area (Å²) in [5.41, 5.74) is 3.99. The summed E-state index contributed by atoms with van der Waals surface area (Å²) < 4.78 is 11.7. The van der Waals surface area contributed by atoms with E-state index in [1.807, 2.05) is 6.92 Å². The normalized spacial score (nSPS) is 14.7. The van der Waals surface area contributed by atoms with Crippen LogP contribution in [-0.4, -0.2) is 60.3 Å². The number of morpholine rings is 1. The zero-order chi connectivity index (χ0) is 19.7. The van der Waals surface area contributed by atoms with Gasteiger partial charge in [0.1, 0.15) is 0 Å². The summed E-state index contributed by atoms with van der Waals surface area (Å²) >= 11 is 1.53. The molecule has 29 heavy (non-hydrogen) atoms. The molecule has 1 fully saturated rings. The van der Waals surface area contributed by atoms with Gasteiger partial charge in [-0.15, -0.1) is 12.4 Å². The third-order valence-corrected chi connectivity index (χ3v) is 6.18. The number of anilines is 1. The second-order valence-electron chi connectivity index (χ2n) is 7.09. The Balaban J connectivity index is 0.00000240. The van der Waals surface area contributed by atoms with Crippen LogP contribution in [0.2, 0.25) is 0 Å². The lowest BCUT2D eigenvalue weighted by atomic mass is 10.1. The van der Waals surface area contributed by atoms with Crippen molar-refractivity contribution in [2.45, 2.75) is 20.8 Å². The molecule has 156 valence electrons. The largest absolute Gasteiger partial charge is 0.379 e. The van der Waals surface area contributed by atoms with Crippen LogP contribution in [0.3, 0.4) is 0 Å². The van der Waals surface area contributed by atoms with Crippen LogP contribution in [0.5, 0.6) is 0 Å². The van der Waals surface area contributed by atoms with E-state index in [-0.39, 0.29) is 24.1 Å². The molecule has 0 aliphatic carbocycles. The Bertz CT molecular complexity index is 997. The van der Waals surface area contributed by atoms with Gasteiger partial charge in [-0.2, -0.15) is 0 Å². The van der Waals surface area contributed by atoms with E-state index in [2.05, 4.69) is 36.0 Å². The molecule has 0 radical (unpaired) electrons. The van der Waals surface area contributed by atoms with Crippen LogP contribution in [0.4, 0.5) is 5.13 Å². The van der Waals surface area contributed by atoms with Crippen LogP contribution in [0.25, 0.3) is 10.2 Å². The maximum atomic E-state index is 13.2. The minimum Gasteiger partial charge on any atom is -0.379 e. The number of thiazole rings is 1. The van der Waals surface area contributed by atoms with Gasteiger partial charge in [-0.3, -0.25) is 14.6 Å². The molecule has 0 unspecified atom stereocenters. The molecule has 1 amide bonds. The summed E-state index contributed by atoms with van der Waals surface area (Å²) in [6.45, 7) is 10.5. The number of amides is 1. The highest BCUT2D eigenvalue weighted by atomic mass is 35.5. The highest BCUT2D eigenvalue weighted by molar-refractivity contribution is 7.22. The molecule has 1 aliphatic heterocycles. The van der Waals surface area contributed by atoms with Crippen molar-refractivity contribution in [1.29, 1.82) is 0 Å². The van der Waals surface area contributed by atoms with Crippen molar-refractivity contribution in [2.75, 3.05) is 44.3 Å². The Hall–Kier alpha value is -2.00. The second kappa shape index (κ2) is 9.21. The average Bonchev–Trinajstić information content (AvgIpc) is 3.32. The fourth-order valence-corrected chi connectivity index (χ4v) is 4.33. The predicted octanol–water partition coefficient (Wildman–Crippen LogP) is 3.61. The van der Waals surface area contributed by atoms with Gasteiger partial charge in [0.25, 0.3) is 5.91 Å². The lowest BCUT2D eigenvalue weighted by Crippen LogP contribution is -2.43. The molecule has 0 bridgehead atoms. The molecule has 7 nitrogen and oxygen atoms in total. The van der Waals surface area contributed by atoms with E-state index in [0.29, 0.717) is 17.4 Å². The molecule has 1 saturated heterocycles. The Morgan fingerprint density at radius 1 is 1.24 bits per heavy atom. The molecule has 1 aliphatic rings. The van der Waals surface area contributed by atoms with Gasteiger partial charge in [0.2, 0.25) is 5.76 Å². The van der Waals surface area contributed by atoms with Crippen LogP contribution < -0.4 is 4.90 Å². The molecular weight excluding hydrogens is 412 g/mol. The number of carbonyl (C=O) groups is 1. The van der Waals surface area contributed by atoms with Crippen LogP contribution in [-0.2, 0) is 4.74 Å². The molecule has 0 N–H and O–H groups in total. The number of carbonyl (C=O) groups excluding carboxylic acids is 1. The Kier molecular flexibility index (Phi) is 6.89. The third-order valence-electron chi connectivity index (χ3n) is 5.13. The number of ether oxygens (including phenoxy) is 1. The zero-order valence-corrected chi connectivity index (χ0v) is 18.4. The van der Waals surface area contributed by atoms with E-state index in [1.165, 1.54) is 16.9 Å². The van der Waals surface area contributed by atoms with E-state index in [4.69, 9.17) is 14.2 Å². The number of aryl methyl sites for hydroxylation is 3. The van der Waals surface area contributed by atoms with Crippen LogP contribution in [0.1, 0.15) is 27.4 Å². The molecule has 3 heterocycles. The van der Waals surface area contributed by atoms with Crippen molar-refractivity contribution in [3.63, 3.8) is 0 Å². The van der Waals surface area contributed by atoms with E-state index >= 15 is 0 Å². The number of hydrogen-bond donors (Lipinski definition) is 0. The summed E-state index contributed by atoms with van der Waals surface area (Å²) in [7, 11) is 0. The lowest BCUT2D eigenvalue weighted by molar-refractivity contribution is 0.0390. The number of fused-ring (bicyclic) bond motifs is 1. The van der Waals surface area contributed by atoms with E-state index in [1.54, 1.807) is 11.0 Å². The van der Waals surface area contributed by atoms with Crippen molar-refractivity contribution in [1.82, 2.24) is 15.0 Å². The highest BCUT2D eigenvalue weighted by Crippen LogP contribution is 2.32. The first-order valence-corrected chi connectivity index (χ1v) is 10.3. The van der Waals surface area contributed by atoms with Crippen LogP contribution in [0, 0.1) is 20.8 Å². The van der Waals surface area contributed by atoms with Crippen LogP contribution >= 0.6 is 23.7 Å². The van der Waals surface area contributed by atoms with Gasteiger partial charge in [-0.1, -0.05) is 22.6 Å². The molecule has 1 aromatic carbocycles. The monoisotopic (exact) mass is 436 g/mol. The van der Waals surface area contributed by atoms with Crippen molar-refractivity contribution in [3.05, 3.63) is 40.8 Å². The minimum absolute atomic E-state index is 0. The minimum atomic E-state index is -0.206. The number of aromatic nitrogens is 2. The van der Waals surface area contributed by atoms with Gasteiger partial charge >= 0.3 is 0 Å². The summed E-state index contributed by atoms with van der Waals surface area (Å²) in [5, 5.41) is 4.56. The van der Waals surface area contributed by atoms with Crippen molar-refractivity contribution in [3.8, 4) is 0 Å². The van der Waals surface area contributed by atoms with Crippen molar-refractivity contribution < 1.29 is 14.1 Å². The number of nitrogens with zero attached hydrogens (tertiary/aromatic N) is 4. The third kappa shape index (κ3) is 4.61. The Morgan fingerprint density at radius 3 is 2.69 bits per heavy atom. The molecule has 9 heteroatoms. The first-order valence-electron chi connectivity index (χ1n) is 9.45. The second-order valence-corrected chi connectivity index (χ2v) is 8.10. The van der Waals surface area contributed by atoms with Crippen molar-refractivity contribution >= 4 is 45.0 Å². The molecular formula is C20H25ClN4O3S. The average molecular weight is 437 g/mol. The van der Waals surface area contributed by atoms with E-state index in [9.17, 15) is 4.79 Å². The Morgan fingerprint density at radius 2 is 2.00 bits per heavy atom. The highest BCUT2D eigenvalue weighted by Gasteiger charge is 2.26. The van der Waals surface area contributed by atoms with Gasteiger partial charge in [0, 0.05) is 32.2 Å². The number of rotatable bonds is 5.